The average molecular weight is 280 g/mol. The van der Waals surface area contributed by atoms with E-state index in [2.05, 4.69) is 4.98 Å². The first-order valence-corrected chi connectivity index (χ1v) is 7.06. The second kappa shape index (κ2) is 5.63. The fraction of sp³-hybridized carbons (Fsp3) is 0.286. The maximum atomic E-state index is 11.8. The van der Waals surface area contributed by atoms with Gasteiger partial charge in [-0.3, -0.25) is 4.79 Å². The Bertz CT molecular complexity index is 577. The fourth-order valence-electron chi connectivity index (χ4n) is 1.69. The molecule has 0 aliphatic heterocycles. The zero-order valence-electron chi connectivity index (χ0n) is 10.4. The Morgan fingerprint density at radius 3 is 2.94 bits per heavy atom. The molecule has 0 aliphatic carbocycles. The summed E-state index contributed by atoms with van der Waals surface area (Å²) in [5.74, 6) is 0.109. The molecule has 18 heavy (non-hydrogen) atoms. The van der Waals surface area contributed by atoms with E-state index in [4.69, 9.17) is 11.6 Å². The molecule has 0 fully saturated rings. The van der Waals surface area contributed by atoms with Crippen molar-refractivity contribution in [3.8, 4) is 10.4 Å². The summed E-state index contributed by atoms with van der Waals surface area (Å²) < 4.78 is 0. The summed E-state index contributed by atoms with van der Waals surface area (Å²) in [6.45, 7) is 4.01. The van der Waals surface area contributed by atoms with Crippen molar-refractivity contribution in [1.29, 1.82) is 0 Å². The van der Waals surface area contributed by atoms with Crippen molar-refractivity contribution in [3.63, 3.8) is 0 Å². The molecule has 1 heterocycles. The second-order valence-corrected chi connectivity index (χ2v) is 5.62. The van der Waals surface area contributed by atoms with Gasteiger partial charge in [0.05, 0.1) is 4.88 Å². The van der Waals surface area contributed by atoms with Gasteiger partial charge in [0.15, 0.2) is 10.8 Å². The van der Waals surface area contributed by atoms with E-state index in [1.165, 1.54) is 11.3 Å². The number of aryl methyl sites for hydroxylation is 1. The first-order chi connectivity index (χ1) is 8.61. The van der Waals surface area contributed by atoms with Crippen molar-refractivity contribution >= 4 is 28.7 Å². The minimum Gasteiger partial charge on any atom is -0.292 e. The smallest absolute Gasteiger partial charge is 0.191 e. The molecular formula is C14H14ClNOS. The Kier molecular flexibility index (Phi) is 4.15. The van der Waals surface area contributed by atoms with Gasteiger partial charge < -0.3 is 0 Å². The van der Waals surface area contributed by atoms with Crippen LogP contribution < -0.4 is 0 Å². The number of hydrogen-bond donors (Lipinski definition) is 0. The molecule has 94 valence electrons. The van der Waals surface area contributed by atoms with E-state index >= 15 is 0 Å². The summed E-state index contributed by atoms with van der Waals surface area (Å²) >= 11 is 7.59. The minimum atomic E-state index is 0.109. The molecule has 1 aromatic heterocycles. The highest BCUT2D eigenvalue weighted by Crippen LogP contribution is 2.33. The molecule has 1 aromatic carbocycles. The van der Waals surface area contributed by atoms with Gasteiger partial charge in [0.25, 0.3) is 0 Å². The summed E-state index contributed by atoms with van der Waals surface area (Å²) in [7, 11) is 0. The molecular weight excluding hydrogens is 266 g/mol. The third-order valence-corrected chi connectivity index (χ3v) is 4.01. The number of carbonyl (C=O) groups excluding carboxylic acids is 1. The number of hydrogen-bond acceptors (Lipinski definition) is 3. The number of nitrogens with zero attached hydrogens (tertiary/aromatic N) is 1. The van der Waals surface area contributed by atoms with Gasteiger partial charge in [0.1, 0.15) is 0 Å². The number of halogens is 1. The highest BCUT2D eigenvalue weighted by atomic mass is 35.5. The number of aromatic nitrogens is 1. The van der Waals surface area contributed by atoms with Gasteiger partial charge >= 0.3 is 0 Å². The van der Waals surface area contributed by atoms with E-state index in [0.29, 0.717) is 16.5 Å². The standard InChI is InChI=1S/C14H14ClNOS/c1-3-4-12(17)14-16-8-13(18-14)10-7-9(2)5-6-11(10)15/h5-8H,3-4H2,1-2H3. The molecule has 0 spiro atoms. The summed E-state index contributed by atoms with van der Waals surface area (Å²) in [4.78, 5) is 16.9. The van der Waals surface area contributed by atoms with Crippen LogP contribution in [0, 0.1) is 6.92 Å². The van der Waals surface area contributed by atoms with Crippen molar-refractivity contribution in [1.82, 2.24) is 4.98 Å². The molecule has 2 aromatic rings. The molecule has 0 saturated carbocycles. The number of thiazole rings is 1. The zero-order valence-corrected chi connectivity index (χ0v) is 11.9. The molecule has 0 atom stereocenters. The van der Waals surface area contributed by atoms with Crippen molar-refractivity contribution in [2.45, 2.75) is 26.7 Å². The van der Waals surface area contributed by atoms with E-state index in [1.54, 1.807) is 6.20 Å². The van der Waals surface area contributed by atoms with Crippen molar-refractivity contribution in [2.75, 3.05) is 0 Å². The van der Waals surface area contributed by atoms with Gasteiger partial charge in [0, 0.05) is 23.2 Å². The Labute approximate surface area is 116 Å². The van der Waals surface area contributed by atoms with Gasteiger partial charge in [-0.05, 0) is 25.5 Å². The van der Waals surface area contributed by atoms with E-state index in [9.17, 15) is 4.79 Å². The van der Waals surface area contributed by atoms with Crippen LogP contribution in [0.3, 0.4) is 0 Å². The number of carbonyl (C=O) groups is 1. The van der Waals surface area contributed by atoms with Crippen molar-refractivity contribution in [3.05, 3.63) is 40.0 Å². The Hall–Kier alpha value is -1.19. The predicted octanol–water partition coefficient (Wildman–Crippen LogP) is 4.75. The molecule has 0 unspecified atom stereocenters. The van der Waals surface area contributed by atoms with E-state index in [0.717, 1.165) is 22.4 Å². The first kappa shape index (κ1) is 13.2. The molecule has 4 heteroatoms. The van der Waals surface area contributed by atoms with Crippen LogP contribution >= 0.6 is 22.9 Å². The number of Topliss-reactive ketones (excluding diaryl/α,β-unsaturated/α-hetero) is 1. The SMILES string of the molecule is CCCC(=O)c1ncc(-c2cc(C)ccc2Cl)s1. The van der Waals surface area contributed by atoms with Crippen molar-refractivity contribution < 1.29 is 4.79 Å². The Balaban J connectivity index is 2.35. The fourth-order valence-corrected chi connectivity index (χ4v) is 2.88. The van der Waals surface area contributed by atoms with Crippen LogP contribution in [-0.2, 0) is 0 Å². The van der Waals surface area contributed by atoms with Crippen LogP contribution in [0.2, 0.25) is 5.02 Å². The highest BCUT2D eigenvalue weighted by Gasteiger charge is 2.13. The lowest BCUT2D eigenvalue weighted by Crippen LogP contribution is -1.95. The average Bonchev–Trinajstić information content (AvgIpc) is 2.82. The lowest BCUT2D eigenvalue weighted by atomic mass is 10.1. The van der Waals surface area contributed by atoms with Crippen LogP contribution in [-0.4, -0.2) is 10.8 Å². The minimum absolute atomic E-state index is 0.109. The van der Waals surface area contributed by atoms with Gasteiger partial charge in [-0.1, -0.05) is 30.2 Å². The van der Waals surface area contributed by atoms with Gasteiger partial charge in [0.2, 0.25) is 0 Å². The number of benzene rings is 1. The molecule has 0 aliphatic rings. The summed E-state index contributed by atoms with van der Waals surface area (Å²) in [6, 6.07) is 5.86. The molecule has 0 saturated heterocycles. The normalized spacial score (nSPS) is 10.6. The largest absolute Gasteiger partial charge is 0.292 e. The maximum absolute atomic E-state index is 11.8. The first-order valence-electron chi connectivity index (χ1n) is 5.87. The molecule has 2 nitrogen and oxygen atoms in total. The highest BCUT2D eigenvalue weighted by molar-refractivity contribution is 7.17. The second-order valence-electron chi connectivity index (χ2n) is 4.19. The van der Waals surface area contributed by atoms with E-state index in [1.807, 2.05) is 32.0 Å². The summed E-state index contributed by atoms with van der Waals surface area (Å²) in [5.41, 5.74) is 2.09. The summed E-state index contributed by atoms with van der Waals surface area (Å²) in [6.07, 6.45) is 3.13. The van der Waals surface area contributed by atoms with Crippen LogP contribution in [0.15, 0.2) is 24.4 Å². The topological polar surface area (TPSA) is 30.0 Å². The quantitative estimate of drug-likeness (QED) is 0.756. The van der Waals surface area contributed by atoms with Crippen LogP contribution in [0.1, 0.15) is 35.1 Å². The zero-order chi connectivity index (χ0) is 13.1. The van der Waals surface area contributed by atoms with Crippen LogP contribution in [0.4, 0.5) is 0 Å². The Morgan fingerprint density at radius 2 is 2.22 bits per heavy atom. The maximum Gasteiger partial charge on any atom is 0.191 e. The summed E-state index contributed by atoms with van der Waals surface area (Å²) in [5, 5.41) is 1.27. The number of rotatable bonds is 4. The molecule has 0 amide bonds. The van der Waals surface area contributed by atoms with Gasteiger partial charge in [-0.15, -0.1) is 11.3 Å². The molecule has 0 N–H and O–H groups in total. The molecule has 0 bridgehead atoms. The van der Waals surface area contributed by atoms with Gasteiger partial charge in [-0.2, -0.15) is 0 Å². The predicted molar refractivity (Wildman–Crippen MR) is 76.5 cm³/mol. The monoisotopic (exact) mass is 279 g/mol. The van der Waals surface area contributed by atoms with E-state index in [-0.39, 0.29) is 5.78 Å². The Morgan fingerprint density at radius 1 is 1.44 bits per heavy atom. The third kappa shape index (κ3) is 2.79. The third-order valence-electron chi connectivity index (χ3n) is 2.61. The lowest BCUT2D eigenvalue weighted by Gasteiger charge is -2.01. The lowest BCUT2D eigenvalue weighted by molar-refractivity contribution is 0.0981. The van der Waals surface area contributed by atoms with Gasteiger partial charge in [-0.25, -0.2) is 4.98 Å². The van der Waals surface area contributed by atoms with E-state index < -0.39 is 0 Å². The number of ketones is 1. The van der Waals surface area contributed by atoms with Crippen LogP contribution in [0.5, 0.6) is 0 Å². The van der Waals surface area contributed by atoms with Crippen molar-refractivity contribution in [2.24, 2.45) is 0 Å². The molecule has 0 radical (unpaired) electrons. The molecule has 2 rings (SSSR count). The van der Waals surface area contributed by atoms with Crippen LogP contribution in [0.25, 0.3) is 10.4 Å².